The Bertz CT molecular complexity index is 1020. The number of hydrogen-bond donors (Lipinski definition) is 4. The Morgan fingerprint density at radius 1 is 1.12 bits per heavy atom. The Morgan fingerprint density at radius 3 is 2.44 bits per heavy atom. The first-order valence-corrected chi connectivity index (χ1v) is 16.9. The van der Waals surface area contributed by atoms with Crippen LogP contribution in [0, 0.1) is 11.8 Å². The number of aliphatic hydroxyl groups is 1. The molecule has 0 aromatic heterocycles. The zero-order valence-electron chi connectivity index (χ0n) is 24.5. The lowest BCUT2D eigenvalue weighted by Crippen LogP contribution is -2.55. The van der Waals surface area contributed by atoms with Gasteiger partial charge in [0.25, 0.3) is 0 Å². The van der Waals surface area contributed by atoms with E-state index in [1.54, 1.807) is 32.0 Å². The minimum atomic E-state index is -3.90. The monoisotopic (exact) mass is 615 g/mol. The number of alkyl carbamates (subject to hydrolysis) is 1. The van der Waals surface area contributed by atoms with Gasteiger partial charge in [-0.2, -0.15) is 0 Å². The van der Waals surface area contributed by atoms with Crippen molar-refractivity contribution in [2.45, 2.75) is 103 Å². The minimum Gasteiger partial charge on any atom is -0.445 e. The van der Waals surface area contributed by atoms with Crippen LogP contribution in [-0.4, -0.2) is 60.8 Å². The van der Waals surface area contributed by atoms with Crippen molar-refractivity contribution in [3.8, 4) is 0 Å². The van der Waals surface area contributed by atoms with Crippen molar-refractivity contribution >= 4 is 31.2 Å². The molecule has 1 aliphatic heterocycles. The van der Waals surface area contributed by atoms with Gasteiger partial charge in [-0.3, -0.25) is 9.36 Å². The molecule has 10 nitrogen and oxygen atoms in total. The Morgan fingerprint density at radius 2 is 1.83 bits per heavy atom. The number of ether oxygens (including phenoxy) is 1. The van der Waals surface area contributed by atoms with E-state index >= 15 is 0 Å². The van der Waals surface area contributed by atoms with Gasteiger partial charge in [-0.25, -0.2) is 4.79 Å². The Balaban J connectivity index is 1.76. The van der Waals surface area contributed by atoms with Gasteiger partial charge in [0.15, 0.2) is 5.85 Å². The summed E-state index contributed by atoms with van der Waals surface area (Å²) in [6.07, 6.45) is 6.73. The van der Waals surface area contributed by atoms with Crippen LogP contribution < -0.4 is 16.0 Å². The second-order valence-corrected chi connectivity index (χ2v) is 13.6. The highest BCUT2D eigenvalue weighted by Gasteiger charge is 2.43. The van der Waals surface area contributed by atoms with E-state index in [1.807, 2.05) is 13.0 Å². The summed E-state index contributed by atoms with van der Waals surface area (Å²) in [6.45, 7) is 6.14. The van der Waals surface area contributed by atoms with E-state index in [0.29, 0.717) is 23.9 Å². The van der Waals surface area contributed by atoms with Crippen LogP contribution >= 0.6 is 19.2 Å². The molecule has 0 bridgehead atoms. The number of aliphatic hydroxyl groups excluding tert-OH is 1. The number of rotatable bonds is 16. The first-order valence-electron chi connectivity index (χ1n) is 14.9. The van der Waals surface area contributed by atoms with Crippen LogP contribution in [0.4, 0.5) is 4.79 Å². The van der Waals surface area contributed by atoms with Gasteiger partial charge >= 0.3 is 13.7 Å². The molecule has 1 aliphatic carbocycles. The molecule has 2 aliphatic rings. The maximum Gasteiger partial charge on any atom is 0.407 e. The third kappa shape index (κ3) is 10.5. The highest BCUT2D eigenvalue weighted by atomic mass is 35.5. The smallest absolute Gasteiger partial charge is 0.407 e. The topological polar surface area (TPSA) is 135 Å². The molecule has 1 heterocycles. The molecule has 2 fully saturated rings. The van der Waals surface area contributed by atoms with Gasteiger partial charge in [-0.1, -0.05) is 55.8 Å². The largest absolute Gasteiger partial charge is 0.445 e. The lowest BCUT2D eigenvalue weighted by atomic mass is 9.83. The molecule has 4 N–H and O–H groups in total. The summed E-state index contributed by atoms with van der Waals surface area (Å²) in [5, 5.41) is 21.2. The summed E-state index contributed by atoms with van der Waals surface area (Å²) < 4.78 is 30.0. The lowest BCUT2D eigenvalue weighted by molar-refractivity contribution is -0.122. The molecule has 1 saturated carbocycles. The van der Waals surface area contributed by atoms with Gasteiger partial charge in [0.1, 0.15) is 6.61 Å². The van der Waals surface area contributed by atoms with Crippen molar-refractivity contribution in [2.24, 2.45) is 11.8 Å². The van der Waals surface area contributed by atoms with E-state index in [-0.39, 0.29) is 50.2 Å². The molecule has 3 rings (SSSR count). The van der Waals surface area contributed by atoms with Gasteiger partial charge < -0.3 is 34.8 Å². The zero-order valence-corrected chi connectivity index (χ0v) is 26.1. The average Bonchev–Trinajstić information content (AvgIpc) is 3.35. The summed E-state index contributed by atoms with van der Waals surface area (Å²) in [4.78, 5) is 25.4. The number of halogens is 1. The molecular formula is C29H47ClN3O7P. The van der Waals surface area contributed by atoms with E-state index in [9.17, 15) is 19.3 Å². The molecule has 232 valence electrons. The Hall–Kier alpha value is -1.68. The van der Waals surface area contributed by atoms with Gasteiger partial charge in [0.2, 0.25) is 5.91 Å². The van der Waals surface area contributed by atoms with Crippen LogP contribution in [0.15, 0.2) is 24.3 Å². The molecule has 2 amide bonds. The maximum absolute atomic E-state index is 13.6. The summed E-state index contributed by atoms with van der Waals surface area (Å²) in [5.74, 6) is -1.50. The zero-order chi connectivity index (χ0) is 29.8. The van der Waals surface area contributed by atoms with Gasteiger partial charge in [-0.15, -0.1) is 0 Å². The number of carbonyl (C=O) groups is 2. The Kier molecular flexibility index (Phi) is 13.9. The van der Waals surface area contributed by atoms with Crippen molar-refractivity contribution in [1.29, 1.82) is 0 Å². The van der Waals surface area contributed by atoms with Gasteiger partial charge in [0, 0.05) is 35.6 Å². The maximum atomic E-state index is 13.6. The van der Waals surface area contributed by atoms with E-state index in [1.165, 1.54) is 6.42 Å². The fourth-order valence-corrected chi connectivity index (χ4v) is 7.78. The molecule has 5 unspecified atom stereocenters. The van der Waals surface area contributed by atoms with Crippen LogP contribution in [0.5, 0.6) is 0 Å². The molecule has 1 aromatic rings. The molecular weight excluding hydrogens is 569 g/mol. The molecule has 5 atom stereocenters. The number of amides is 2. The van der Waals surface area contributed by atoms with Crippen LogP contribution in [0.3, 0.4) is 0 Å². The Labute approximate surface area is 249 Å². The first-order chi connectivity index (χ1) is 19.6. The van der Waals surface area contributed by atoms with Crippen molar-refractivity contribution < 1.29 is 33.0 Å². The van der Waals surface area contributed by atoms with Gasteiger partial charge in [0.05, 0.1) is 13.2 Å². The lowest BCUT2D eigenvalue weighted by Gasteiger charge is -2.36. The van der Waals surface area contributed by atoms with Crippen LogP contribution in [0.1, 0.15) is 77.7 Å². The molecule has 1 saturated heterocycles. The highest BCUT2D eigenvalue weighted by molar-refractivity contribution is 7.54. The summed E-state index contributed by atoms with van der Waals surface area (Å²) >= 11 is 6.06. The van der Waals surface area contributed by atoms with E-state index in [4.69, 9.17) is 25.4 Å². The summed E-state index contributed by atoms with van der Waals surface area (Å²) in [5.41, 5.74) is 0.781. The fourth-order valence-electron chi connectivity index (χ4n) is 5.82. The minimum absolute atomic E-state index is 0.0778. The standard InChI is InChI=1S/C29H47ClN3O7P/c1-4-39-41(37,40-5-2)28(35)26(18-23-14-15-31-27(23)34)32-20(3)25(17-21-10-7-6-8-11-21)33-29(36)38-19-22-12-9-13-24(30)16-22/h9,12-13,16,20-21,23,25-26,28,32,35H,4-8,10-11,14-15,17-19H2,1-3H3,(H,31,34)(H,33,36). The highest BCUT2D eigenvalue weighted by Crippen LogP contribution is 2.53. The molecule has 0 spiro atoms. The van der Waals surface area contributed by atoms with Crippen molar-refractivity contribution in [3.63, 3.8) is 0 Å². The average molecular weight is 616 g/mol. The normalized spacial score (nSPS) is 21.1. The molecule has 41 heavy (non-hydrogen) atoms. The van der Waals surface area contributed by atoms with Crippen molar-refractivity contribution in [2.75, 3.05) is 19.8 Å². The molecule has 0 radical (unpaired) electrons. The second kappa shape index (κ2) is 16.8. The van der Waals surface area contributed by atoms with Crippen LogP contribution in [-0.2, 0) is 29.8 Å². The SMILES string of the molecule is CCOP(=O)(OCC)C(O)C(CC1CCNC1=O)NC(C)C(CC1CCCCC1)NC(=O)OCc1cccc(Cl)c1. The second-order valence-electron chi connectivity index (χ2n) is 11.1. The fraction of sp³-hybridized carbons (Fsp3) is 0.724. The number of hydrogen-bond acceptors (Lipinski definition) is 8. The van der Waals surface area contributed by atoms with E-state index < -0.39 is 25.6 Å². The predicted molar refractivity (Wildman–Crippen MR) is 159 cm³/mol. The predicted octanol–water partition coefficient (Wildman–Crippen LogP) is 5.36. The number of carbonyl (C=O) groups excluding carboxylic acids is 2. The van der Waals surface area contributed by atoms with Crippen molar-refractivity contribution in [3.05, 3.63) is 34.9 Å². The quantitative estimate of drug-likeness (QED) is 0.183. The van der Waals surface area contributed by atoms with Crippen LogP contribution in [0.25, 0.3) is 0 Å². The molecule has 1 aromatic carbocycles. The van der Waals surface area contributed by atoms with Crippen molar-refractivity contribution in [1.82, 2.24) is 16.0 Å². The summed E-state index contributed by atoms with van der Waals surface area (Å²) in [7, 11) is -3.90. The third-order valence-electron chi connectivity index (χ3n) is 7.96. The molecule has 12 heteroatoms. The summed E-state index contributed by atoms with van der Waals surface area (Å²) in [6, 6.07) is 5.68. The van der Waals surface area contributed by atoms with E-state index in [0.717, 1.165) is 37.7 Å². The first kappa shape index (κ1) is 33.8. The number of benzene rings is 1. The number of nitrogens with one attached hydrogen (secondary N) is 3. The third-order valence-corrected chi connectivity index (χ3v) is 10.4. The van der Waals surface area contributed by atoms with Crippen LogP contribution in [0.2, 0.25) is 5.02 Å². The van der Waals surface area contributed by atoms with E-state index in [2.05, 4.69) is 16.0 Å². The van der Waals surface area contributed by atoms with Gasteiger partial charge in [-0.05, 0) is 63.6 Å².